The van der Waals surface area contributed by atoms with Gasteiger partial charge in [0, 0.05) is 18.5 Å². The number of carbonyl (C=O) groups is 1. The predicted molar refractivity (Wildman–Crippen MR) is 48.6 cm³/mol. The number of ether oxygens (including phenoxy) is 1. The first kappa shape index (κ1) is 10.9. The number of carbonyl (C=O) groups excluding carboxylic acids is 1. The lowest BCUT2D eigenvalue weighted by Gasteiger charge is -1.99. The Balaban J connectivity index is 4.30. The smallest absolute Gasteiger partial charge is 0.147 e. The zero-order valence-electron chi connectivity index (χ0n) is 7.54. The molecule has 3 nitrogen and oxygen atoms in total. The number of nitrogens with two attached hydrogens (primary N) is 1. The van der Waals surface area contributed by atoms with Gasteiger partial charge in [0.1, 0.15) is 6.29 Å². The zero-order chi connectivity index (χ0) is 9.40. The van der Waals surface area contributed by atoms with Gasteiger partial charge in [-0.2, -0.15) is 0 Å². The molecule has 0 aliphatic heterocycles. The first-order valence-corrected chi connectivity index (χ1v) is 3.87. The lowest BCUT2D eigenvalue weighted by atomic mass is 10.2. The Hall–Kier alpha value is -1.09. The number of hydrogen-bond acceptors (Lipinski definition) is 3. The Morgan fingerprint density at radius 3 is 2.50 bits per heavy atom. The molecule has 68 valence electrons. The summed E-state index contributed by atoms with van der Waals surface area (Å²) in [7, 11) is 1.60. The van der Waals surface area contributed by atoms with Crippen molar-refractivity contribution in [1.29, 1.82) is 0 Å². The summed E-state index contributed by atoms with van der Waals surface area (Å²) in [6.07, 6.45) is 5.00. The maximum atomic E-state index is 10.3. The normalized spacial score (nSPS) is 12.9. The zero-order valence-corrected chi connectivity index (χ0v) is 7.54. The summed E-state index contributed by atoms with van der Waals surface area (Å²) in [6.45, 7) is 2.24. The number of hydrogen-bond donors (Lipinski definition) is 1. The third kappa shape index (κ3) is 3.93. The van der Waals surface area contributed by atoms with E-state index in [1.165, 1.54) is 0 Å². The highest BCUT2D eigenvalue weighted by atomic mass is 16.5. The predicted octanol–water partition coefficient (Wildman–Crippen LogP) is 1.01. The number of aldehydes is 1. The molecule has 0 aliphatic carbocycles. The van der Waals surface area contributed by atoms with Crippen LogP contribution in [0.25, 0.3) is 0 Å². The molecule has 0 bridgehead atoms. The molecule has 0 atom stereocenters. The Labute approximate surface area is 72.9 Å². The van der Waals surface area contributed by atoms with Crippen molar-refractivity contribution in [2.24, 2.45) is 5.73 Å². The number of methoxy groups -OCH3 is 1. The van der Waals surface area contributed by atoms with Crippen molar-refractivity contribution >= 4 is 6.29 Å². The van der Waals surface area contributed by atoms with E-state index in [9.17, 15) is 4.79 Å². The van der Waals surface area contributed by atoms with Crippen LogP contribution in [0.3, 0.4) is 0 Å². The topological polar surface area (TPSA) is 52.3 Å². The highest BCUT2D eigenvalue weighted by Gasteiger charge is 1.90. The van der Waals surface area contributed by atoms with Gasteiger partial charge >= 0.3 is 0 Å². The van der Waals surface area contributed by atoms with Crippen LogP contribution in [0.2, 0.25) is 0 Å². The second-order valence-electron chi connectivity index (χ2n) is 2.25. The van der Waals surface area contributed by atoms with Crippen molar-refractivity contribution < 1.29 is 9.53 Å². The highest BCUT2D eigenvalue weighted by Crippen LogP contribution is 2.01. The maximum absolute atomic E-state index is 10.3. The summed E-state index contributed by atoms with van der Waals surface area (Å²) in [4.78, 5) is 10.3. The molecule has 0 aromatic rings. The second kappa shape index (κ2) is 6.61. The average molecular weight is 169 g/mol. The van der Waals surface area contributed by atoms with Crippen molar-refractivity contribution in [3.63, 3.8) is 0 Å². The average Bonchev–Trinajstić information content (AvgIpc) is 2.13. The first-order valence-electron chi connectivity index (χ1n) is 3.87. The standard InChI is InChI=1S/C9H15NO2/c1-3-9(12-2)5-4-8(6-10)7-11/h4-5,7H,3,6,10H2,1-2H3/b8-4+,9-5+. The molecular weight excluding hydrogens is 154 g/mol. The minimum atomic E-state index is 0.265. The fraction of sp³-hybridized carbons (Fsp3) is 0.444. The summed E-state index contributed by atoms with van der Waals surface area (Å²) in [5.41, 5.74) is 5.85. The molecule has 0 rings (SSSR count). The molecular formula is C9H15NO2. The quantitative estimate of drug-likeness (QED) is 0.289. The van der Waals surface area contributed by atoms with Gasteiger partial charge in [-0.3, -0.25) is 4.79 Å². The summed E-state index contributed by atoms with van der Waals surface area (Å²) in [6, 6.07) is 0. The molecule has 0 aliphatic rings. The van der Waals surface area contributed by atoms with Crippen molar-refractivity contribution in [2.75, 3.05) is 13.7 Å². The molecule has 0 saturated heterocycles. The Bertz CT molecular complexity index is 189. The van der Waals surface area contributed by atoms with Gasteiger partial charge in [-0.1, -0.05) is 13.0 Å². The van der Waals surface area contributed by atoms with Crippen LogP contribution in [0.4, 0.5) is 0 Å². The molecule has 0 radical (unpaired) electrons. The summed E-state index contributed by atoms with van der Waals surface area (Å²) < 4.78 is 5.00. The van der Waals surface area contributed by atoms with E-state index in [-0.39, 0.29) is 6.54 Å². The van der Waals surface area contributed by atoms with E-state index in [2.05, 4.69) is 0 Å². The molecule has 3 heteroatoms. The first-order chi connectivity index (χ1) is 5.78. The van der Waals surface area contributed by atoms with Gasteiger partial charge in [-0.15, -0.1) is 0 Å². The lowest BCUT2D eigenvalue weighted by molar-refractivity contribution is -0.104. The summed E-state index contributed by atoms with van der Waals surface area (Å²) in [5, 5.41) is 0. The van der Waals surface area contributed by atoms with Crippen molar-refractivity contribution in [2.45, 2.75) is 13.3 Å². The highest BCUT2D eigenvalue weighted by molar-refractivity contribution is 5.74. The van der Waals surface area contributed by atoms with Crippen LogP contribution >= 0.6 is 0 Å². The third-order valence-electron chi connectivity index (χ3n) is 1.48. The number of allylic oxidation sites excluding steroid dienone is 3. The van der Waals surface area contributed by atoms with E-state index in [0.29, 0.717) is 5.57 Å². The molecule has 0 unspecified atom stereocenters. The monoisotopic (exact) mass is 169 g/mol. The van der Waals surface area contributed by atoms with Gasteiger partial charge in [0.2, 0.25) is 0 Å². The molecule has 0 aromatic heterocycles. The molecule has 2 N–H and O–H groups in total. The minimum Gasteiger partial charge on any atom is -0.501 e. The fourth-order valence-electron chi connectivity index (χ4n) is 0.686. The van der Waals surface area contributed by atoms with E-state index in [4.69, 9.17) is 10.5 Å². The van der Waals surface area contributed by atoms with E-state index < -0.39 is 0 Å². The summed E-state index contributed by atoms with van der Waals surface area (Å²) >= 11 is 0. The maximum Gasteiger partial charge on any atom is 0.147 e. The van der Waals surface area contributed by atoms with Crippen molar-refractivity contribution in [3.8, 4) is 0 Å². The van der Waals surface area contributed by atoms with Crippen LogP contribution in [0.1, 0.15) is 13.3 Å². The van der Waals surface area contributed by atoms with Crippen LogP contribution in [0.5, 0.6) is 0 Å². The number of rotatable bonds is 5. The fourth-order valence-corrected chi connectivity index (χ4v) is 0.686. The minimum absolute atomic E-state index is 0.265. The van der Waals surface area contributed by atoms with E-state index in [1.54, 1.807) is 19.3 Å². The van der Waals surface area contributed by atoms with Gasteiger partial charge in [-0.05, 0) is 6.08 Å². The van der Waals surface area contributed by atoms with E-state index in [1.807, 2.05) is 6.92 Å². The van der Waals surface area contributed by atoms with E-state index >= 15 is 0 Å². The molecule has 0 heterocycles. The van der Waals surface area contributed by atoms with Crippen LogP contribution in [0.15, 0.2) is 23.5 Å². The SMILES string of the molecule is CC/C(=C\C=C(\C=O)CN)OC. The van der Waals surface area contributed by atoms with Crippen molar-refractivity contribution in [3.05, 3.63) is 23.5 Å². The molecule has 0 aromatic carbocycles. The van der Waals surface area contributed by atoms with Gasteiger partial charge in [0.25, 0.3) is 0 Å². The van der Waals surface area contributed by atoms with Crippen LogP contribution < -0.4 is 5.73 Å². The lowest BCUT2D eigenvalue weighted by Crippen LogP contribution is -2.03. The molecule has 0 amide bonds. The van der Waals surface area contributed by atoms with Crippen LogP contribution in [-0.4, -0.2) is 19.9 Å². The summed E-state index contributed by atoms with van der Waals surface area (Å²) in [5.74, 6) is 0.836. The second-order valence-corrected chi connectivity index (χ2v) is 2.25. The van der Waals surface area contributed by atoms with Gasteiger partial charge in [-0.25, -0.2) is 0 Å². The third-order valence-corrected chi connectivity index (χ3v) is 1.48. The molecule has 0 saturated carbocycles. The Morgan fingerprint density at radius 2 is 2.17 bits per heavy atom. The van der Waals surface area contributed by atoms with Crippen LogP contribution in [0, 0.1) is 0 Å². The van der Waals surface area contributed by atoms with Crippen LogP contribution in [-0.2, 0) is 9.53 Å². The Kier molecular flexibility index (Phi) is 6.01. The Morgan fingerprint density at radius 1 is 1.50 bits per heavy atom. The largest absolute Gasteiger partial charge is 0.501 e. The van der Waals surface area contributed by atoms with E-state index in [0.717, 1.165) is 18.5 Å². The van der Waals surface area contributed by atoms with Gasteiger partial charge in [0.15, 0.2) is 0 Å². The molecule has 0 fully saturated rings. The van der Waals surface area contributed by atoms with Gasteiger partial charge < -0.3 is 10.5 Å². The molecule has 0 spiro atoms. The van der Waals surface area contributed by atoms with Crippen molar-refractivity contribution in [1.82, 2.24) is 0 Å². The molecule has 12 heavy (non-hydrogen) atoms. The van der Waals surface area contributed by atoms with Gasteiger partial charge in [0.05, 0.1) is 12.9 Å².